The minimum Gasteiger partial charge on any atom is -0.339 e. The molecule has 1 atom stereocenters. The van der Waals surface area contributed by atoms with Crippen LogP contribution in [0.5, 0.6) is 0 Å². The first-order chi connectivity index (χ1) is 12.5. The maximum absolute atomic E-state index is 12.8. The van der Waals surface area contributed by atoms with Crippen LogP contribution in [0, 0.1) is 5.92 Å². The topological polar surface area (TPSA) is 93.4 Å². The van der Waals surface area contributed by atoms with Crippen LogP contribution in [0.1, 0.15) is 31.1 Å². The fourth-order valence-electron chi connectivity index (χ4n) is 4.15. The highest BCUT2D eigenvalue weighted by atomic mass is 32.2. The van der Waals surface area contributed by atoms with Crippen LogP contribution in [-0.2, 0) is 14.6 Å². The first-order valence-corrected chi connectivity index (χ1v) is 10.6. The SMILES string of the molecule is O=C(C1CC1)N1CC2(C1)C(c1nc(-c3ccccc3)no1)CCS2(=O)=O. The van der Waals surface area contributed by atoms with E-state index in [4.69, 9.17) is 4.52 Å². The summed E-state index contributed by atoms with van der Waals surface area (Å²) in [5, 5.41) is 4.03. The van der Waals surface area contributed by atoms with Crippen molar-refractivity contribution in [3.63, 3.8) is 0 Å². The summed E-state index contributed by atoms with van der Waals surface area (Å²) in [5.74, 6) is 0.774. The molecule has 1 unspecified atom stereocenters. The van der Waals surface area contributed by atoms with Crippen molar-refractivity contribution < 1.29 is 17.7 Å². The van der Waals surface area contributed by atoms with Gasteiger partial charge in [-0.2, -0.15) is 4.98 Å². The Kier molecular flexibility index (Phi) is 3.31. The summed E-state index contributed by atoms with van der Waals surface area (Å²) < 4.78 is 30.0. The van der Waals surface area contributed by atoms with Gasteiger partial charge in [-0.05, 0) is 19.3 Å². The first-order valence-electron chi connectivity index (χ1n) is 8.90. The van der Waals surface area contributed by atoms with Crippen molar-refractivity contribution in [2.24, 2.45) is 5.92 Å². The van der Waals surface area contributed by atoms with E-state index in [2.05, 4.69) is 10.1 Å². The lowest BCUT2D eigenvalue weighted by atomic mass is 9.82. The molecule has 136 valence electrons. The molecule has 2 saturated heterocycles. The summed E-state index contributed by atoms with van der Waals surface area (Å²) in [6, 6.07) is 9.45. The Morgan fingerprint density at radius 1 is 1.15 bits per heavy atom. The number of carbonyl (C=O) groups is 1. The van der Waals surface area contributed by atoms with Gasteiger partial charge in [-0.3, -0.25) is 4.79 Å². The van der Waals surface area contributed by atoms with Crippen LogP contribution in [0.3, 0.4) is 0 Å². The van der Waals surface area contributed by atoms with Gasteiger partial charge in [0.25, 0.3) is 0 Å². The lowest BCUT2D eigenvalue weighted by Crippen LogP contribution is -2.67. The molecule has 3 heterocycles. The number of sulfone groups is 1. The second kappa shape index (κ2) is 5.39. The van der Waals surface area contributed by atoms with Gasteiger partial charge in [0.15, 0.2) is 9.84 Å². The number of hydrogen-bond acceptors (Lipinski definition) is 6. The average molecular weight is 373 g/mol. The average Bonchev–Trinajstić information content (AvgIpc) is 3.26. The van der Waals surface area contributed by atoms with Crippen LogP contribution < -0.4 is 0 Å². The second-order valence-corrected chi connectivity index (χ2v) is 9.97. The molecule has 1 amide bonds. The third kappa shape index (κ3) is 2.24. The third-order valence-electron chi connectivity index (χ3n) is 5.86. The van der Waals surface area contributed by atoms with Crippen molar-refractivity contribution in [1.82, 2.24) is 15.0 Å². The minimum atomic E-state index is -3.30. The normalized spacial score (nSPS) is 26.0. The Labute approximate surface area is 151 Å². The van der Waals surface area contributed by atoms with Crippen LogP contribution in [0.15, 0.2) is 34.9 Å². The molecular weight excluding hydrogens is 354 g/mol. The number of rotatable bonds is 3. The van der Waals surface area contributed by atoms with Gasteiger partial charge in [0.1, 0.15) is 4.75 Å². The molecule has 7 nitrogen and oxygen atoms in total. The summed E-state index contributed by atoms with van der Waals surface area (Å²) in [6.45, 7) is 0.497. The highest BCUT2D eigenvalue weighted by Crippen LogP contribution is 2.50. The fourth-order valence-corrected chi connectivity index (χ4v) is 6.46. The van der Waals surface area contributed by atoms with Gasteiger partial charge in [-0.25, -0.2) is 8.42 Å². The van der Waals surface area contributed by atoms with E-state index in [1.807, 2.05) is 30.3 Å². The second-order valence-electron chi connectivity index (χ2n) is 7.52. The largest absolute Gasteiger partial charge is 0.339 e. The van der Waals surface area contributed by atoms with Crippen molar-refractivity contribution in [1.29, 1.82) is 0 Å². The van der Waals surface area contributed by atoms with Gasteiger partial charge in [0.2, 0.25) is 17.6 Å². The molecule has 1 aromatic heterocycles. The first kappa shape index (κ1) is 16.0. The van der Waals surface area contributed by atoms with E-state index in [1.54, 1.807) is 4.90 Å². The van der Waals surface area contributed by atoms with E-state index >= 15 is 0 Å². The Morgan fingerprint density at radius 2 is 1.88 bits per heavy atom. The molecule has 1 spiro atoms. The van der Waals surface area contributed by atoms with Crippen LogP contribution >= 0.6 is 0 Å². The maximum Gasteiger partial charge on any atom is 0.231 e. The zero-order valence-electron chi connectivity index (χ0n) is 14.2. The van der Waals surface area contributed by atoms with E-state index in [1.165, 1.54) is 0 Å². The van der Waals surface area contributed by atoms with Gasteiger partial charge in [-0.1, -0.05) is 35.5 Å². The lowest BCUT2D eigenvalue weighted by Gasteiger charge is -2.49. The molecule has 2 aromatic rings. The number of likely N-dealkylation sites (tertiary alicyclic amines) is 1. The van der Waals surface area contributed by atoms with E-state index in [-0.39, 0.29) is 36.6 Å². The van der Waals surface area contributed by atoms with Gasteiger partial charge >= 0.3 is 0 Å². The fraction of sp³-hybridized carbons (Fsp3) is 0.500. The molecule has 1 saturated carbocycles. The summed E-state index contributed by atoms with van der Waals surface area (Å²) in [4.78, 5) is 18.4. The maximum atomic E-state index is 12.8. The molecular formula is C18H19N3O4S. The van der Waals surface area contributed by atoms with Crippen LogP contribution in [-0.4, -0.2) is 53.0 Å². The number of carbonyl (C=O) groups excluding carboxylic acids is 1. The third-order valence-corrected chi connectivity index (χ3v) is 8.41. The van der Waals surface area contributed by atoms with Gasteiger partial charge in [0, 0.05) is 24.6 Å². The zero-order chi connectivity index (χ0) is 17.9. The van der Waals surface area contributed by atoms with Gasteiger partial charge in [0.05, 0.1) is 11.7 Å². The minimum absolute atomic E-state index is 0.0898. The number of aromatic nitrogens is 2. The molecule has 3 aliphatic rings. The predicted molar refractivity (Wildman–Crippen MR) is 92.9 cm³/mol. The molecule has 26 heavy (non-hydrogen) atoms. The van der Waals surface area contributed by atoms with Crippen molar-refractivity contribution in [3.05, 3.63) is 36.2 Å². The van der Waals surface area contributed by atoms with Crippen LogP contribution in [0.4, 0.5) is 0 Å². The van der Waals surface area contributed by atoms with Crippen molar-refractivity contribution in [2.45, 2.75) is 29.9 Å². The molecule has 0 bridgehead atoms. The number of nitrogens with zero attached hydrogens (tertiary/aromatic N) is 3. The summed E-state index contributed by atoms with van der Waals surface area (Å²) in [7, 11) is -3.30. The Balaban J connectivity index is 1.44. The highest BCUT2D eigenvalue weighted by Gasteiger charge is 2.65. The molecule has 1 aromatic carbocycles. The van der Waals surface area contributed by atoms with E-state index < -0.39 is 14.6 Å². The van der Waals surface area contributed by atoms with E-state index in [0.29, 0.717) is 18.1 Å². The highest BCUT2D eigenvalue weighted by molar-refractivity contribution is 7.93. The Hall–Kier alpha value is -2.22. The van der Waals surface area contributed by atoms with Gasteiger partial charge < -0.3 is 9.42 Å². The van der Waals surface area contributed by atoms with Crippen molar-refractivity contribution >= 4 is 15.7 Å². The van der Waals surface area contributed by atoms with Crippen LogP contribution in [0.2, 0.25) is 0 Å². The number of benzene rings is 1. The molecule has 1 aliphatic carbocycles. The predicted octanol–water partition coefficient (Wildman–Crippen LogP) is 1.63. The summed E-state index contributed by atoms with van der Waals surface area (Å²) in [5.41, 5.74) is 0.830. The van der Waals surface area contributed by atoms with Crippen molar-refractivity contribution in [2.75, 3.05) is 18.8 Å². The molecule has 2 aliphatic heterocycles. The summed E-state index contributed by atoms with van der Waals surface area (Å²) in [6.07, 6.45) is 2.30. The molecule has 0 radical (unpaired) electrons. The number of hydrogen-bond donors (Lipinski definition) is 0. The molecule has 5 rings (SSSR count). The van der Waals surface area contributed by atoms with Crippen LogP contribution in [0.25, 0.3) is 11.4 Å². The molecule has 0 N–H and O–H groups in total. The van der Waals surface area contributed by atoms with E-state index in [0.717, 1.165) is 18.4 Å². The Bertz CT molecular complexity index is 959. The lowest BCUT2D eigenvalue weighted by molar-refractivity contribution is -0.138. The monoisotopic (exact) mass is 373 g/mol. The quantitative estimate of drug-likeness (QED) is 0.812. The van der Waals surface area contributed by atoms with Gasteiger partial charge in [-0.15, -0.1) is 0 Å². The van der Waals surface area contributed by atoms with E-state index in [9.17, 15) is 13.2 Å². The number of amides is 1. The zero-order valence-corrected chi connectivity index (χ0v) is 15.0. The standard InChI is InChI=1S/C18H19N3O4S/c22-17(13-6-7-13)21-10-18(11-21)14(8-9-26(18,23)24)16-19-15(20-25-16)12-4-2-1-3-5-12/h1-5,13-14H,6-11H2. The van der Waals surface area contributed by atoms with Crippen molar-refractivity contribution in [3.8, 4) is 11.4 Å². The smallest absolute Gasteiger partial charge is 0.231 e. The molecule has 8 heteroatoms. The Morgan fingerprint density at radius 3 is 2.58 bits per heavy atom. The summed E-state index contributed by atoms with van der Waals surface area (Å²) >= 11 is 0. The molecule has 3 fully saturated rings.